The Morgan fingerprint density at radius 2 is 2.08 bits per heavy atom. The number of nitrogens with zero attached hydrogens (tertiary/aromatic N) is 1. The van der Waals surface area contributed by atoms with Gasteiger partial charge in [0, 0.05) is 23.2 Å². The van der Waals surface area contributed by atoms with Crippen molar-refractivity contribution in [3.05, 3.63) is 29.6 Å². The van der Waals surface area contributed by atoms with Crippen LogP contribution in [0.2, 0.25) is 0 Å². The van der Waals surface area contributed by atoms with Crippen molar-refractivity contribution < 1.29 is 17.9 Å². The molecule has 0 unspecified atom stereocenters. The number of amides is 1. The van der Waals surface area contributed by atoms with Crippen LogP contribution in [0.3, 0.4) is 0 Å². The minimum absolute atomic E-state index is 0.150. The number of carbonyl (C=O) groups is 1. The molecule has 0 bridgehead atoms. The van der Waals surface area contributed by atoms with Crippen molar-refractivity contribution in [1.29, 1.82) is 0 Å². The number of nitrogens with one attached hydrogen (secondary N) is 2. The van der Waals surface area contributed by atoms with Gasteiger partial charge in [-0.2, -0.15) is 0 Å². The van der Waals surface area contributed by atoms with E-state index in [1.165, 1.54) is 11.3 Å². The molecule has 1 saturated heterocycles. The molecule has 2 heterocycles. The van der Waals surface area contributed by atoms with Gasteiger partial charge in [-0.25, -0.2) is 13.4 Å². The third-order valence-electron chi connectivity index (χ3n) is 4.22. The fourth-order valence-corrected chi connectivity index (χ4v) is 4.19. The van der Waals surface area contributed by atoms with Crippen LogP contribution in [0.15, 0.2) is 29.6 Å². The van der Waals surface area contributed by atoms with Gasteiger partial charge >= 0.3 is 0 Å². The number of anilines is 2. The highest BCUT2D eigenvalue weighted by atomic mass is 32.2. The molecule has 2 atom stereocenters. The molecular weight excluding hydrogens is 374 g/mol. The van der Waals surface area contributed by atoms with Gasteiger partial charge in [0.2, 0.25) is 10.0 Å². The van der Waals surface area contributed by atoms with Crippen molar-refractivity contribution >= 4 is 38.1 Å². The van der Waals surface area contributed by atoms with Gasteiger partial charge in [-0.3, -0.25) is 14.8 Å². The summed E-state index contributed by atoms with van der Waals surface area (Å²) in [6, 6.07) is 6.90. The zero-order valence-corrected chi connectivity index (χ0v) is 16.2. The number of thiazole rings is 1. The number of aromatic nitrogens is 1. The van der Waals surface area contributed by atoms with Crippen molar-refractivity contribution in [3.63, 3.8) is 0 Å². The molecular formula is C17H21N3O4S2. The largest absolute Gasteiger partial charge is 0.368 e. The number of sulfonamides is 1. The molecule has 2 aromatic rings. The van der Waals surface area contributed by atoms with Crippen LogP contribution < -0.4 is 10.0 Å². The number of carbonyl (C=O) groups excluding carboxylic acids is 1. The lowest BCUT2D eigenvalue weighted by Gasteiger charge is -2.15. The molecule has 0 aliphatic carbocycles. The molecule has 1 aliphatic rings. The summed E-state index contributed by atoms with van der Waals surface area (Å²) in [4.78, 5) is 16.8. The smallest absolute Gasteiger partial charge is 0.255 e. The van der Waals surface area contributed by atoms with E-state index in [9.17, 15) is 13.2 Å². The Morgan fingerprint density at radius 3 is 2.73 bits per heavy atom. The van der Waals surface area contributed by atoms with E-state index in [4.69, 9.17) is 4.74 Å². The summed E-state index contributed by atoms with van der Waals surface area (Å²) in [6.07, 6.45) is 2.52. The van der Waals surface area contributed by atoms with E-state index in [-0.39, 0.29) is 11.8 Å². The molecule has 1 aromatic heterocycles. The summed E-state index contributed by atoms with van der Waals surface area (Å²) in [5, 5.41) is 5.20. The average Bonchev–Trinajstić information content (AvgIpc) is 3.23. The standard InChI is InChI=1S/C17H21N3O4S2/c1-3-11-8-9-24-15(11)16(21)19-17-18-14(10-25-17)12-4-6-13(7-5-12)20-26(2,22)23/h4-7,10-11,15,20H,3,8-9H2,1-2H3,(H,18,19,21)/t11-,15+/m1/s1. The summed E-state index contributed by atoms with van der Waals surface area (Å²) in [6.45, 7) is 2.68. The van der Waals surface area contributed by atoms with Crippen LogP contribution in [-0.4, -0.2) is 38.3 Å². The van der Waals surface area contributed by atoms with Crippen LogP contribution in [-0.2, 0) is 19.6 Å². The normalized spacial score (nSPS) is 20.1. The Labute approximate surface area is 156 Å². The number of hydrogen-bond donors (Lipinski definition) is 2. The fourth-order valence-electron chi connectivity index (χ4n) is 2.91. The Bertz CT molecular complexity index is 878. The molecule has 1 aliphatic heterocycles. The van der Waals surface area contributed by atoms with Crippen molar-refractivity contribution in [2.24, 2.45) is 5.92 Å². The Balaban J connectivity index is 1.67. The van der Waals surface area contributed by atoms with Crippen molar-refractivity contribution in [2.75, 3.05) is 22.9 Å². The van der Waals surface area contributed by atoms with Crippen molar-refractivity contribution in [3.8, 4) is 11.3 Å². The van der Waals surface area contributed by atoms with E-state index in [1.807, 2.05) is 5.38 Å². The number of rotatable bonds is 6. The molecule has 1 amide bonds. The van der Waals surface area contributed by atoms with E-state index in [2.05, 4.69) is 21.9 Å². The maximum absolute atomic E-state index is 12.4. The second-order valence-corrected chi connectivity index (χ2v) is 8.83. The molecule has 2 N–H and O–H groups in total. The quantitative estimate of drug-likeness (QED) is 0.784. The number of ether oxygens (including phenoxy) is 1. The first-order chi connectivity index (χ1) is 12.4. The molecule has 0 spiro atoms. The number of benzene rings is 1. The Morgan fingerprint density at radius 1 is 1.35 bits per heavy atom. The molecule has 0 radical (unpaired) electrons. The maximum Gasteiger partial charge on any atom is 0.255 e. The Kier molecular flexibility index (Phi) is 5.59. The highest BCUT2D eigenvalue weighted by Gasteiger charge is 2.33. The summed E-state index contributed by atoms with van der Waals surface area (Å²) >= 11 is 1.34. The van der Waals surface area contributed by atoms with Gasteiger partial charge in [-0.05, 0) is 24.5 Å². The van der Waals surface area contributed by atoms with Crippen LogP contribution in [0.1, 0.15) is 19.8 Å². The minimum Gasteiger partial charge on any atom is -0.368 e. The first-order valence-corrected chi connectivity index (χ1v) is 11.1. The molecule has 1 fully saturated rings. The van der Waals surface area contributed by atoms with E-state index < -0.39 is 16.1 Å². The van der Waals surface area contributed by atoms with Gasteiger partial charge in [0.25, 0.3) is 5.91 Å². The van der Waals surface area contributed by atoms with Crippen LogP contribution in [0.25, 0.3) is 11.3 Å². The monoisotopic (exact) mass is 395 g/mol. The topological polar surface area (TPSA) is 97.4 Å². The first kappa shape index (κ1) is 18.8. The zero-order valence-electron chi connectivity index (χ0n) is 14.6. The highest BCUT2D eigenvalue weighted by molar-refractivity contribution is 7.92. The van der Waals surface area contributed by atoms with Crippen LogP contribution >= 0.6 is 11.3 Å². The number of hydrogen-bond acceptors (Lipinski definition) is 6. The zero-order chi connectivity index (χ0) is 18.7. The fraction of sp³-hybridized carbons (Fsp3) is 0.412. The van der Waals surface area contributed by atoms with Crippen molar-refractivity contribution in [1.82, 2.24) is 4.98 Å². The van der Waals surface area contributed by atoms with Gasteiger partial charge < -0.3 is 4.74 Å². The first-order valence-electron chi connectivity index (χ1n) is 8.32. The van der Waals surface area contributed by atoms with Gasteiger partial charge in [0.05, 0.1) is 11.9 Å². The average molecular weight is 396 g/mol. The second-order valence-electron chi connectivity index (χ2n) is 6.23. The predicted octanol–water partition coefficient (Wildman–Crippen LogP) is 2.94. The maximum atomic E-state index is 12.4. The molecule has 3 rings (SSSR count). The predicted molar refractivity (Wildman–Crippen MR) is 103 cm³/mol. The summed E-state index contributed by atoms with van der Waals surface area (Å²) in [5.41, 5.74) is 2.05. The lowest BCUT2D eigenvalue weighted by atomic mass is 9.98. The van der Waals surface area contributed by atoms with Gasteiger partial charge in [0.15, 0.2) is 5.13 Å². The van der Waals surface area contributed by atoms with Crippen molar-refractivity contribution in [2.45, 2.75) is 25.9 Å². The van der Waals surface area contributed by atoms with Crippen LogP contribution in [0.5, 0.6) is 0 Å². The van der Waals surface area contributed by atoms with Gasteiger partial charge in [-0.1, -0.05) is 25.5 Å². The molecule has 7 nitrogen and oxygen atoms in total. The van der Waals surface area contributed by atoms with Crippen LogP contribution in [0, 0.1) is 5.92 Å². The van der Waals surface area contributed by atoms with E-state index in [1.54, 1.807) is 24.3 Å². The van der Waals surface area contributed by atoms with E-state index in [0.29, 0.717) is 17.4 Å². The lowest BCUT2D eigenvalue weighted by molar-refractivity contribution is -0.126. The molecule has 26 heavy (non-hydrogen) atoms. The van der Waals surface area contributed by atoms with Crippen LogP contribution in [0.4, 0.5) is 10.8 Å². The molecule has 0 saturated carbocycles. The highest BCUT2D eigenvalue weighted by Crippen LogP contribution is 2.28. The van der Waals surface area contributed by atoms with Gasteiger partial charge in [-0.15, -0.1) is 11.3 Å². The SMILES string of the molecule is CC[C@@H]1CCO[C@@H]1C(=O)Nc1nc(-c2ccc(NS(C)(=O)=O)cc2)cs1. The summed E-state index contributed by atoms with van der Waals surface area (Å²) in [5.74, 6) is 0.104. The second kappa shape index (κ2) is 7.73. The summed E-state index contributed by atoms with van der Waals surface area (Å²) < 4.78 is 30.4. The summed E-state index contributed by atoms with van der Waals surface area (Å²) in [7, 11) is -3.30. The molecule has 140 valence electrons. The minimum atomic E-state index is -3.30. The molecule has 9 heteroatoms. The van der Waals surface area contributed by atoms with Gasteiger partial charge in [0.1, 0.15) is 6.10 Å². The van der Waals surface area contributed by atoms with E-state index >= 15 is 0 Å². The lowest BCUT2D eigenvalue weighted by Crippen LogP contribution is -2.32. The third-order valence-corrected chi connectivity index (χ3v) is 5.58. The Hall–Kier alpha value is -1.97. The van der Waals surface area contributed by atoms with E-state index in [0.717, 1.165) is 30.4 Å². The third kappa shape index (κ3) is 4.60. The molecule has 1 aromatic carbocycles.